The number of sulfonamides is 1. The van der Waals surface area contributed by atoms with Gasteiger partial charge in [-0.3, -0.25) is 4.79 Å². The first kappa shape index (κ1) is 19.8. The maximum atomic E-state index is 13.3. The van der Waals surface area contributed by atoms with Crippen molar-refractivity contribution in [3.63, 3.8) is 0 Å². The lowest BCUT2D eigenvalue weighted by atomic mass is 10.2. The molecule has 0 atom stereocenters. The SMILES string of the molecule is CCC(=O)N1CCc2cc(S(=O)(=O)N3CCCN(c4ccccn4)CC3)ccc21. The van der Waals surface area contributed by atoms with E-state index in [1.807, 2.05) is 25.1 Å². The number of fused-ring (bicyclic) bond motifs is 1. The maximum absolute atomic E-state index is 13.3. The van der Waals surface area contributed by atoms with Gasteiger partial charge >= 0.3 is 0 Å². The van der Waals surface area contributed by atoms with Crippen molar-refractivity contribution in [3.05, 3.63) is 48.2 Å². The van der Waals surface area contributed by atoms with Crippen LogP contribution in [0.3, 0.4) is 0 Å². The molecule has 0 bridgehead atoms. The monoisotopic (exact) mass is 414 g/mol. The molecule has 1 fully saturated rings. The summed E-state index contributed by atoms with van der Waals surface area (Å²) in [7, 11) is -3.57. The Morgan fingerprint density at radius 2 is 1.93 bits per heavy atom. The Bertz CT molecular complexity index is 994. The Morgan fingerprint density at radius 3 is 2.69 bits per heavy atom. The lowest BCUT2D eigenvalue weighted by Gasteiger charge is -2.23. The molecule has 2 aliphatic rings. The zero-order valence-corrected chi connectivity index (χ0v) is 17.4. The minimum atomic E-state index is -3.57. The van der Waals surface area contributed by atoms with E-state index in [4.69, 9.17) is 0 Å². The van der Waals surface area contributed by atoms with E-state index in [0.717, 1.165) is 30.0 Å². The zero-order valence-electron chi connectivity index (χ0n) is 16.6. The number of hydrogen-bond donors (Lipinski definition) is 0. The van der Waals surface area contributed by atoms with Crippen molar-refractivity contribution >= 4 is 27.4 Å². The predicted octanol–water partition coefficient (Wildman–Crippen LogP) is 2.28. The van der Waals surface area contributed by atoms with Gasteiger partial charge in [0.1, 0.15) is 5.82 Å². The second-order valence-electron chi connectivity index (χ2n) is 7.37. The molecular weight excluding hydrogens is 388 g/mol. The molecule has 2 aliphatic heterocycles. The van der Waals surface area contributed by atoms with E-state index in [1.54, 1.807) is 33.6 Å². The van der Waals surface area contributed by atoms with Crippen molar-refractivity contribution < 1.29 is 13.2 Å². The number of anilines is 2. The number of carbonyl (C=O) groups excluding carboxylic acids is 1. The first-order valence-corrected chi connectivity index (χ1v) is 11.5. The highest BCUT2D eigenvalue weighted by Gasteiger charge is 2.30. The number of benzene rings is 1. The second-order valence-corrected chi connectivity index (χ2v) is 9.31. The summed E-state index contributed by atoms with van der Waals surface area (Å²) in [5.41, 5.74) is 1.77. The molecule has 2 aromatic rings. The summed E-state index contributed by atoms with van der Waals surface area (Å²) in [4.78, 5) is 20.7. The zero-order chi connectivity index (χ0) is 20.4. The normalized spacial score (nSPS) is 17.8. The van der Waals surface area contributed by atoms with Gasteiger partial charge in [0.25, 0.3) is 0 Å². The second kappa shape index (κ2) is 8.12. The largest absolute Gasteiger partial charge is 0.355 e. The summed E-state index contributed by atoms with van der Waals surface area (Å²) < 4.78 is 28.1. The van der Waals surface area contributed by atoms with Gasteiger partial charge in [0.15, 0.2) is 0 Å². The molecule has 8 heteroatoms. The van der Waals surface area contributed by atoms with Crippen LogP contribution in [0.4, 0.5) is 11.5 Å². The quantitative estimate of drug-likeness (QED) is 0.767. The molecule has 0 spiro atoms. The number of pyridine rings is 1. The Morgan fingerprint density at radius 1 is 1.07 bits per heavy atom. The smallest absolute Gasteiger partial charge is 0.243 e. The lowest BCUT2D eigenvalue weighted by Crippen LogP contribution is -2.35. The van der Waals surface area contributed by atoms with E-state index < -0.39 is 10.0 Å². The summed E-state index contributed by atoms with van der Waals surface area (Å²) >= 11 is 0. The molecule has 1 aromatic carbocycles. The fraction of sp³-hybridized carbons (Fsp3) is 0.429. The van der Waals surface area contributed by atoms with E-state index in [2.05, 4.69) is 9.88 Å². The molecule has 0 N–H and O–H groups in total. The molecule has 0 aliphatic carbocycles. The number of hydrogen-bond acceptors (Lipinski definition) is 5. The average molecular weight is 415 g/mol. The standard InChI is InChI=1S/C21H26N4O3S/c1-2-21(26)25-13-9-17-16-18(7-8-19(17)25)29(27,28)24-12-5-11-23(14-15-24)20-6-3-4-10-22-20/h3-4,6-8,10,16H,2,5,9,11-15H2,1H3. The van der Waals surface area contributed by atoms with Crippen LogP contribution in [0.2, 0.25) is 0 Å². The van der Waals surface area contributed by atoms with Gasteiger partial charge < -0.3 is 9.80 Å². The van der Waals surface area contributed by atoms with Gasteiger partial charge in [0, 0.05) is 51.0 Å². The van der Waals surface area contributed by atoms with Crippen LogP contribution < -0.4 is 9.80 Å². The first-order valence-electron chi connectivity index (χ1n) is 10.1. The van der Waals surface area contributed by atoms with Crippen LogP contribution >= 0.6 is 0 Å². The number of rotatable bonds is 4. The van der Waals surface area contributed by atoms with Crippen LogP contribution in [0, 0.1) is 0 Å². The summed E-state index contributed by atoms with van der Waals surface area (Å²) in [6, 6.07) is 10.9. The summed E-state index contributed by atoms with van der Waals surface area (Å²) in [6.45, 7) is 4.77. The molecular formula is C21H26N4O3S. The summed E-state index contributed by atoms with van der Waals surface area (Å²) in [6.07, 6.45) is 3.64. The van der Waals surface area contributed by atoms with Crippen LogP contribution in [-0.4, -0.2) is 56.3 Å². The predicted molar refractivity (Wildman–Crippen MR) is 113 cm³/mol. The number of aromatic nitrogens is 1. The average Bonchev–Trinajstić information content (AvgIpc) is 3.00. The summed E-state index contributed by atoms with van der Waals surface area (Å²) in [5.74, 6) is 0.950. The van der Waals surface area contributed by atoms with Crippen molar-refractivity contribution in [2.24, 2.45) is 0 Å². The van der Waals surface area contributed by atoms with E-state index in [1.165, 1.54) is 0 Å². The highest BCUT2D eigenvalue weighted by molar-refractivity contribution is 7.89. The van der Waals surface area contributed by atoms with Crippen LogP contribution in [-0.2, 0) is 21.2 Å². The fourth-order valence-electron chi connectivity index (χ4n) is 4.04. The van der Waals surface area contributed by atoms with E-state index in [9.17, 15) is 13.2 Å². The van der Waals surface area contributed by atoms with Crippen LogP contribution in [0.1, 0.15) is 25.3 Å². The van der Waals surface area contributed by atoms with Gasteiger partial charge in [0.2, 0.25) is 15.9 Å². The van der Waals surface area contributed by atoms with Crippen molar-refractivity contribution in [2.75, 3.05) is 42.5 Å². The van der Waals surface area contributed by atoms with Crippen LogP contribution in [0.15, 0.2) is 47.5 Å². The van der Waals surface area contributed by atoms with E-state index >= 15 is 0 Å². The Balaban J connectivity index is 1.52. The minimum absolute atomic E-state index is 0.0708. The molecule has 0 saturated carbocycles. The molecule has 4 rings (SSSR count). The third-order valence-corrected chi connectivity index (χ3v) is 7.51. The van der Waals surface area contributed by atoms with Gasteiger partial charge in [0.05, 0.1) is 4.90 Å². The maximum Gasteiger partial charge on any atom is 0.243 e. The molecule has 1 saturated heterocycles. The van der Waals surface area contributed by atoms with E-state index in [-0.39, 0.29) is 5.91 Å². The fourth-order valence-corrected chi connectivity index (χ4v) is 5.56. The molecule has 1 amide bonds. The summed E-state index contributed by atoms with van der Waals surface area (Å²) in [5, 5.41) is 0. The van der Waals surface area contributed by atoms with Gasteiger partial charge in [-0.15, -0.1) is 0 Å². The van der Waals surface area contributed by atoms with Gasteiger partial charge in [-0.05, 0) is 48.7 Å². The molecule has 7 nitrogen and oxygen atoms in total. The Labute approximate surface area is 172 Å². The minimum Gasteiger partial charge on any atom is -0.355 e. The molecule has 29 heavy (non-hydrogen) atoms. The highest BCUT2D eigenvalue weighted by Crippen LogP contribution is 2.32. The topological polar surface area (TPSA) is 73.8 Å². The Hall–Kier alpha value is -2.45. The third-order valence-electron chi connectivity index (χ3n) is 5.62. The van der Waals surface area contributed by atoms with Crippen molar-refractivity contribution in [3.8, 4) is 0 Å². The van der Waals surface area contributed by atoms with Crippen molar-refractivity contribution in [1.29, 1.82) is 0 Å². The van der Waals surface area contributed by atoms with Gasteiger partial charge in [-0.25, -0.2) is 13.4 Å². The van der Waals surface area contributed by atoms with Crippen LogP contribution in [0.5, 0.6) is 0 Å². The number of carbonyl (C=O) groups is 1. The molecule has 0 unspecified atom stereocenters. The Kier molecular flexibility index (Phi) is 5.56. The number of nitrogens with zero attached hydrogens (tertiary/aromatic N) is 4. The van der Waals surface area contributed by atoms with Gasteiger partial charge in [-0.2, -0.15) is 4.31 Å². The van der Waals surface area contributed by atoms with Crippen LogP contribution in [0.25, 0.3) is 0 Å². The van der Waals surface area contributed by atoms with Crippen molar-refractivity contribution in [2.45, 2.75) is 31.1 Å². The highest BCUT2D eigenvalue weighted by atomic mass is 32.2. The third kappa shape index (κ3) is 3.86. The molecule has 1 aromatic heterocycles. The van der Waals surface area contributed by atoms with Gasteiger partial charge in [-0.1, -0.05) is 13.0 Å². The molecule has 3 heterocycles. The lowest BCUT2D eigenvalue weighted by molar-refractivity contribution is -0.118. The molecule has 154 valence electrons. The number of amides is 1. The van der Waals surface area contributed by atoms with Crippen molar-refractivity contribution in [1.82, 2.24) is 9.29 Å². The molecule has 0 radical (unpaired) electrons. The first-order chi connectivity index (χ1) is 14.0. The van der Waals surface area contributed by atoms with E-state index in [0.29, 0.717) is 43.9 Å².